The second-order valence-corrected chi connectivity index (χ2v) is 4.06. The lowest BCUT2D eigenvalue weighted by atomic mass is 10.1. The van der Waals surface area contributed by atoms with Crippen molar-refractivity contribution < 1.29 is 13.9 Å². The third-order valence-corrected chi connectivity index (χ3v) is 2.92. The minimum Gasteiger partial charge on any atom is -0.447 e. The van der Waals surface area contributed by atoms with Gasteiger partial charge in [0.1, 0.15) is 18.5 Å². The van der Waals surface area contributed by atoms with Gasteiger partial charge in [0, 0.05) is 6.20 Å². The fourth-order valence-corrected chi connectivity index (χ4v) is 2.06. The van der Waals surface area contributed by atoms with E-state index < -0.39 is 12.2 Å². The van der Waals surface area contributed by atoms with Crippen LogP contribution in [0.2, 0.25) is 0 Å². The van der Waals surface area contributed by atoms with E-state index in [1.54, 1.807) is 0 Å². The summed E-state index contributed by atoms with van der Waals surface area (Å²) >= 11 is 0. The van der Waals surface area contributed by atoms with E-state index in [0.29, 0.717) is 0 Å². The van der Waals surface area contributed by atoms with Crippen molar-refractivity contribution in [1.82, 2.24) is 9.97 Å². The molecule has 1 saturated heterocycles. The molecule has 1 fully saturated rings. The van der Waals surface area contributed by atoms with Gasteiger partial charge < -0.3 is 4.74 Å². The van der Waals surface area contributed by atoms with Gasteiger partial charge in [-0.2, -0.15) is 9.37 Å². The molecule has 0 saturated carbocycles. The summed E-state index contributed by atoms with van der Waals surface area (Å²) in [5, 5.41) is 0. The van der Waals surface area contributed by atoms with Crippen molar-refractivity contribution in [3.8, 4) is 0 Å². The van der Waals surface area contributed by atoms with Crippen LogP contribution < -0.4 is 4.90 Å². The summed E-state index contributed by atoms with van der Waals surface area (Å²) in [7, 11) is 0. The molecule has 1 unspecified atom stereocenters. The molecule has 0 N–H and O–H groups in total. The van der Waals surface area contributed by atoms with Crippen LogP contribution in [0.25, 0.3) is 0 Å². The van der Waals surface area contributed by atoms with E-state index in [1.807, 2.05) is 30.3 Å². The summed E-state index contributed by atoms with van der Waals surface area (Å²) in [4.78, 5) is 20.1. The number of ether oxygens (including phenoxy) is 1. The van der Waals surface area contributed by atoms with Crippen molar-refractivity contribution in [2.45, 2.75) is 6.04 Å². The Kier molecular flexibility index (Phi) is 2.83. The highest BCUT2D eigenvalue weighted by atomic mass is 19.1. The van der Waals surface area contributed by atoms with E-state index >= 15 is 0 Å². The smallest absolute Gasteiger partial charge is 0.416 e. The number of carbonyl (C=O) groups is 1. The van der Waals surface area contributed by atoms with Gasteiger partial charge in [-0.25, -0.2) is 9.78 Å². The SMILES string of the molecule is O=C1OCC(c2ccccc2)N1c1ccnc(F)n1. The van der Waals surface area contributed by atoms with E-state index in [1.165, 1.54) is 17.2 Å². The molecule has 0 radical (unpaired) electrons. The van der Waals surface area contributed by atoms with Crippen molar-refractivity contribution in [3.05, 3.63) is 54.2 Å². The highest BCUT2D eigenvalue weighted by molar-refractivity contribution is 5.89. The first-order chi connectivity index (χ1) is 9.25. The molecule has 0 bridgehead atoms. The number of anilines is 1. The van der Waals surface area contributed by atoms with Crippen LogP contribution >= 0.6 is 0 Å². The predicted molar refractivity (Wildman–Crippen MR) is 65.0 cm³/mol. The van der Waals surface area contributed by atoms with E-state index in [4.69, 9.17) is 4.74 Å². The molecule has 19 heavy (non-hydrogen) atoms. The number of benzene rings is 1. The van der Waals surface area contributed by atoms with Crippen LogP contribution in [0.5, 0.6) is 0 Å². The zero-order valence-corrected chi connectivity index (χ0v) is 9.86. The molecule has 0 spiro atoms. The Bertz CT molecular complexity index is 606. The van der Waals surface area contributed by atoms with Gasteiger partial charge >= 0.3 is 12.2 Å². The van der Waals surface area contributed by atoms with E-state index in [0.717, 1.165) is 5.56 Å². The first-order valence-electron chi connectivity index (χ1n) is 5.75. The van der Waals surface area contributed by atoms with E-state index in [9.17, 15) is 9.18 Å². The molecule has 96 valence electrons. The van der Waals surface area contributed by atoms with Crippen LogP contribution in [-0.4, -0.2) is 22.7 Å². The molecule has 0 aliphatic carbocycles. The summed E-state index contributed by atoms with van der Waals surface area (Å²) in [6, 6.07) is 10.6. The molecule has 1 amide bonds. The number of amides is 1. The molecule has 3 rings (SSSR count). The largest absolute Gasteiger partial charge is 0.447 e. The normalized spacial score (nSPS) is 18.5. The number of rotatable bonds is 2. The predicted octanol–water partition coefficient (Wildman–Crippen LogP) is 2.31. The first kappa shape index (κ1) is 11.6. The summed E-state index contributed by atoms with van der Waals surface area (Å²) in [5.41, 5.74) is 0.910. The Balaban J connectivity index is 2.00. The van der Waals surface area contributed by atoms with Crippen LogP contribution in [0.1, 0.15) is 11.6 Å². The molecule has 2 aromatic rings. The van der Waals surface area contributed by atoms with Crippen molar-refractivity contribution >= 4 is 11.9 Å². The van der Waals surface area contributed by atoms with Crippen LogP contribution in [0.15, 0.2) is 42.6 Å². The maximum absolute atomic E-state index is 13.1. The lowest BCUT2D eigenvalue weighted by Crippen LogP contribution is -2.28. The number of carbonyl (C=O) groups excluding carboxylic acids is 1. The van der Waals surface area contributed by atoms with Crippen LogP contribution in [-0.2, 0) is 4.74 Å². The van der Waals surface area contributed by atoms with Gasteiger partial charge in [-0.15, -0.1) is 0 Å². The first-order valence-corrected chi connectivity index (χ1v) is 5.75. The fraction of sp³-hybridized carbons (Fsp3) is 0.154. The van der Waals surface area contributed by atoms with Gasteiger partial charge in [-0.05, 0) is 11.6 Å². The minimum absolute atomic E-state index is 0.198. The molecule has 5 nitrogen and oxygen atoms in total. The second-order valence-electron chi connectivity index (χ2n) is 4.06. The van der Waals surface area contributed by atoms with Crippen LogP contribution in [0.3, 0.4) is 0 Å². The van der Waals surface area contributed by atoms with Gasteiger partial charge in [0.05, 0.1) is 0 Å². The number of nitrogens with zero attached hydrogens (tertiary/aromatic N) is 3. The zero-order chi connectivity index (χ0) is 13.2. The summed E-state index contributed by atoms with van der Waals surface area (Å²) in [5.74, 6) is 0.198. The summed E-state index contributed by atoms with van der Waals surface area (Å²) in [6.45, 7) is 0.217. The van der Waals surface area contributed by atoms with Gasteiger partial charge in [0.15, 0.2) is 0 Å². The number of hydrogen-bond donors (Lipinski definition) is 0. The molecular weight excluding hydrogens is 249 g/mol. The Morgan fingerprint density at radius 1 is 1.26 bits per heavy atom. The Labute approximate surface area is 108 Å². The Morgan fingerprint density at radius 3 is 2.79 bits per heavy atom. The summed E-state index contributed by atoms with van der Waals surface area (Å²) < 4.78 is 18.1. The monoisotopic (exact) mass is 259 g/mol. The summed E-state index contributed by atoms with van der Waals surface area (Å²) in [6.07, 6.45) is -0.137. The highest BCUT2D eigenvalue weighted by Crippen LogP contribution is 2.31. The average molecular weight is 259 g/mol. The maximum atomic E-state index is 13.1. The molecule has 1 aromatic heterocycles. The number of cyclic esters (lactones) is 1. The number of halogens is 1. The van der Waals surface area contributed by atoms with Crippen molar-refractivity contribution in [1.29, 1.82) is 0 Å². The third kappa shape index (κ3) is 2.12. The quantitative estimate of drug-likeness (QED) is 0.776. The molecular formula is C13H10FN3O2. The van der Waals surface area contributed by atoms with Gasteiger partial charge in [0.2, 0.25) is 0 Å². The van der Waals surface area contributed by atoms with E-state index in [-0.39, 0.29) is 18.5 Å². The number of hydrogen-bond acceptors (Lipinski definition) is 4. The standard InChI is InChI=1S/C13H10FN3O2/c14-12-15-7-6-11(16-12)17-10(8-19-13(17)18)9-4-2-1-3-5-9/h1-7,10H,8H2. The van der Waals surface area contributed by atoms with E-state index in [2.05, 4.69) is 9.97 Å². The molecule has 1 aromatic carbocycles. The Hall–Kier alpha value is -2.50. The van der Waals surface area contributed by atoms with Crippen molar-refractivity contribution in [3.63, 3.8) is 0 Å². The molecule has 1 atom stereocenters. The molecule has 1 aliphatic heterocycles. The third-order valence-electron chi connectivity index (χ3n) is 2.92. The van der Waals surface area contributed by atoms with Crippen LogP contribution in [0, 0.1) is 6.08 Å². The maximum Gasteiger partial charge on any atom is 0.416 e. The topological polar surface area (TPSA) is 55.3 Å². The van der Waals surface area contributed by atoms with Crippen molar-refractivity contribution in [2.75, 3.05) is 11.5 Å². The van der Waals surface area contributed by atoms with Gasteiger partial charge in [-0.3, -0.25) is 4.90 Å². The van der Waals surface area contributed by atoms with Gasteiger partial charge in [-0.1, -0.05) is 30.3 Å². The second kappa shape index (κ2) is 4.64. The Morgan fingerprint density at radius 2 is 2.05 bits per heavy atom. The average Bonchev–Trinajstić information content (AvgIpc) is 2.82. The highest BCUT2D eigenvalue weighted by Gasteiger charge is 2.36. The lowest BCUT2D eigenvalue weighted by molar-refractivity contribution is 0.179. The molecule has 1 aliphatic rings. The molecule has 6 heteroatoms. The lowest BCUT2D eigenvalue weighted by Gasteiger charge is -2.20. The molecule has 2 heterocycles. The zero-order valence-electron chi connectivity index (χ0n) is 9.86. The van der Waals surface area contributed by atoms with Crippen molar-refractivity contribution in [2.24, 2.45) is 0 Å². The minimum atomic E-state index is -0.871. The van der Waals surface area contributed by atoms with Crippen LogP contribution in [0.4, 0.5) is 15.0 Å². The number of aromatic nitrogens is 2. The fourth-order valence-electron chi connectivity index (χ4n) is 2.06. The van der Waals surface area contributed by atoms with Gasteiger partial charge in [0.25, 0.3) is 0 Å².